The fraction of sp³-hybridized carbons (Fsp3) is 0.267. The maximum Gasteiger partial charge on any atom is 0.123 e. The third kappa shape index (κ3) is 3.08. The van der Waals surface area contributed by atoms with Crippen LogP contribution in [0.1, 0.15) is 16.7 Å². The lowest BCUT2D eigenvalue weighted by atomic mass is 10.1. The van der Waals surface area contributed by atoms with Gasteiger partial charge in [0.15, 0.2) is 0 Å². The summed E-state index contributed by atoms with van der Waals surface area (Å²) < 4.78 is 5.32. The first-order chi connectivity index (χ1) is 8.81. The van der Waals surface area contributed by atoms with E-state index in [-0.39, 0.29) is 0 Å². The summed E-state index contributed by atoms with van der Waals surface area (Å²) in [5, 5.41) is 3.43. The molecule has 18 heavy (non-hydrogen) atoms. The Balaban J connectivity index is 1.95. The van der Waals surface area contributed by atoms with Gasteiger partial charge in [-0.05, 0) is 30.2 Å². The molecule has 3 nitrogen and oxygen atoms in total. The van der Waals surface area contributed by atoms with Crippen LogP contribution in [0, 0.1) is 6.92 Å². The molecule has 0 amide bonds. The summed E-state index contributed by atoms with van der Waals surface area (Å²) >= 11 is 0. The van der Waals surface area contributed by atoms with Gasteiger partial charge >= 0.3 is 0 Å². The highest BCUT2D eigenvalue weighted by atomic mass is 16.5. The number of aromatic nitrogens is 1. The van der Waals surface area contributed by atoms with Crippen LogP contribution in [-0.2, 0) is 13.1 Å². The van der Waals surface area contributed by atoms with Gasteiger partial charge in [-0.15, -0.1) is 0 Å². The molecule has 0 bridgehead atoms. The molecule has 0 aliphatic rings. The zero-order valence-corrected chi connectivity index (χ0v) is 10.8. The largest absolute Gasteiger partial charge is 0.496 e. The van der Waals surface area contributed by atoms with Crippen LogP contribution in [0.5, 0.6) is 5.75 Å². The van der Waals surface area contributed by atoms with Gasteiger partial charge in [0.1, 0.15) is 5.75 Å². The SMILES string of the molecule is COc1ccccc1CNCc1ccncc1C. The van der Waals surface area contributed by atoms with Crippen molar-refractivity contribution in [1.82, 2.24) is 10.3 Å². The van der Waals surface area contributed by atoms with E-state index in [0.717, 1.165) is 18.8 Å². The van der Waals surface area contributed by atoms with Crippen molar-refractivity contribution in [1.29, 1.82) is 0 Å². The van der Waals surface area contributed by atoms with Crippen molar-refractivity contribution in [3.05, 3.63) is 59.4 Å². The number of aryl methyl sites for hydroxylation is 1. The first-order valence-electron chi connectivity index (χ1n) is 6.03. The number of ether oxygens (including phenoxy) is 1. The molecule has 0 saturated carbocycles. The van der Waals surface area contributed by atoms with E-state index in [1.807, 2.05) is 36.7 Å². The number of hydrogen-bond donors (Lipinski definition) is 1. The summed E-state index contributed by atoms with van der Waals surface area (Å²) in [4.78, 5) is 4.09. The monoisotopic (exact) mass is 242 g/mol. The summed E-state index contributed by atoms with van der Waals surface area (Å²) in [6.07, 6.45) is 3.72. The molecular formula is C15H18N2O. The van der Waals surface area contributed by atoms with Crippen LogP contribution in [-0.4, -0.2) is 12.1 Å². The number of para-hydroxylation sites is 1. The number of rotatable bonds is 5. The second kappa shape index (κ2) is 6.17. The Labute approximate surface area is 108 Å². The maximum atomic E-state index is 5.32. The van der Waals surface area contributed by atoms with Gasteiger partial charge in [0.25, 0.3) is 0 Å². The lowest BCUT2D eigenvalue weighted by Gasteiger charge is -2.10. The zero-order valence-electron chi connectivity index (χ0n) is 10.8. The number of nitrogens with zero attached hydrogens (tertiary/aromatic N) is 1. The van der Waals surface area contributed by atoms with E-state index >= 15 is 0 Å². The first-order valence-corrected chi connectivity index (χ1v) is 6.03. The molecule has 0 unspecified atom stereocenters. The minimum atomic E-state index is 0.797. The van der Waals surface area contributed by atoms with Crippen LogP contribution < -0.4 is 10.1 Å². The predicted molar refractivity (Wildman–Crippen MR) is 72.5 cm³/mol. The summed E-state index contributed by atoms with van der Waals surface area (Å²) in [5.41, 5.74) is 3.66. The Morgan fingerprint density at radius 1 is 1.11 bits per heavy atom. The van der Waals surface area contributed by atoms with Crippen molar-refractivity contribution in [2.45, 2.75) is 20.0 Å². The second-order valence-corrected chi connectivity index (χ2v) is 4.22. The number of hydrogen-bond acceptors (Lipinski definition) is 3. The molecule has 0 saturated heterocycles. The van der Waals surface area contributed by atoms with Crippen LogP contribution in [0.4, 0.5) is 0 Å². The van der Waals surface area contributed by atoms with Gasteiger partial charge in [-0.3, -0.25) is 4.98 Å². The molecular weight excluding hydrogens is 224 g/mol. The van der Waals surface area contributed by atoms with Crippen LogP contribution in [0.25, 0.3) is 0 Å². The molecule has 1 aromatic heterocycles. The number of benzene rings is 1. The van der Waals surface area contributed by atoms with Gasteiger partial charge in [-0.2, -0.15) is 0 Å². The summed E-state index contributed by atoms with van der Waals surface area (Å²) in [7, 11) is 1.70. The molecule has 2 rings (SSSR count). The molecule has 1 heterocycles. The van der Waals surface area contributed by atoms with Crippen molar-refractivity contribution in [3.63, 3.8) is 0 Å². The standard InChI is InChI=1S/C15H18N2O/c1-12-9-16-8-7-13(12)10-17-11-14-5-3-4-6-15(14)18-2/h3-9,17H,10-11H2,1-2H3. The third-order valence-corrected chi connectivity index (χ3v) is 2.96. The van der Waals surface area contributed by atoms with Crippen LogP contribution >= 0.6 is 0 Å². The highest BCUT2D eigenvalue weighted by Crippen LogP contribution is 2.17. The number of pyridine rings is 1. The molecule has 0 aliphatic carbocycles. The first kappa shape index (κ1) is 12.6. The van der Waals surface area contributed by atoms with Crippen molar-refractivity contribution in [2.24, 2.45) is 0 Å². The van der Waals surface area contributed by atoms with Gasteiger partial charge in [-0.1, -0.05) is 18.2 Å². The average Bonchev–Trinajstić information content (AvgIpc) is 2.41. The summed E-state index contributed by atoms with van der Waals surface area (Å²) in [6.45, 7) is 3.71. The minimum absolute atomic E-state index is 0.797. The average molecular weight is 242 g/mol. The van der Waals surface area contributed by atoms with Gasteiger partial charge in [-0.25, -0.2) is 0 Å². The minimum Gasteiger partial charge on any atom is -0.496 e. The smallest absolute Gasteiger partial charge is 0.123 e. The molecule has 0 radical (unpaired) electrons. The summed E-state index contributed by atoms with van der Waals surface area (Å²) in [5.74, 6) is 0.927. The Hall–Kier alpha value is -1.87. The Morgan fingerprint density at radius 3 is 2.67 bits per heavy atom. The number of methoxy groups -OCH3 is 1. The van der Waals surface area contributed by atoms with Gasteiger partial charge in [0.05, 0.1) is 7.11 Å². The Bertz CT molecular complexity index is 511. The third-order valence-electron chi connectivity index (χ3n) is 2.96. The number of nitrogens with one attached hydrogen (secondary N) is 1. The van der Waals surface area contributed by atoms with Crippen molar-refractivity contribution < 1.29 is 4.74 Å². The Morgan fingerprint density at radius 2 is 1.89 bits per heavy atom. The van der Waals surface area contributed by atoms with E-state index in [1.165, 1.54) is 16.7 Å². The van der Waals surface area contributed by atoms with Crippen molar-refractivity contribution >= 4 is 0 Å². The van der Waals surface area contributed by atoms with Crippen LogP contribution in [0.2, 0.25) is 0 Å². The van der Waals surface area contributed by atoms with Crippen LogP contribution in [0.15, 0.2) is 42.7 Å². The van der Waals surface area contributed by atoms with E-state index in [9.17, 15) is 0 Å². The van der Waals surface area contributed by atoms with Gasteiger partial charge in [0.2, 0.25) is 0 Å². The molecule has 0 spiro atoms. The topological polar surface area (TPSA) is 34.1 Å². The lowest BCUT2D eigenvalue weighted by molar-refractivity contribution is 0.407. The fourth-order valence-electron chi connectivity index (χ4n) is 1.88. The molecule has 0 atom stereocenters. The van der Waals surface area contributed by atoms with Gasteiger partial charge < -0.3 is 10.1 Å². The molecule has 0 fully saturated rings. The molecule has 94 valence electrons. The highest BCUT2D eigenvalue weighted by molar-refractivity contribution is 5.33. The second-order valence-electron chi connectivity index (χ2n) is 4.22. The van der Waals surface area contributed by atoms with Gasteiger partial charge in [0, 0.05) is 31.0 Å². The van der Waals surface area contributed by atoms with Crippen LogP contribution in [0.3, 0.4) is 0 Å². The fourth-order valence-corrected chi connectivity index (χ4v) is 1.88. The zero-order chi connectivity index (χ0) is 12.8. The molecule has 0 aliphatic heterocycles. The normalized spacial score (nSPS) is 10.3. The molecule has 1 aromatic carbocycles. The highest BCUT2D eigenvalue weighted by Gasteiger charge is 2.01. The maximum absolute atomic E-state index is 5.32. The van der Waals surface area contributed by atoms with E-state index < -0.39 is 0 Å². The van der Waals surface area contributed by atoms with Crippen molar-refractivity contribution in [3.8, 4) is 5.75 Å². The Kier molecular flexibility index (Phi) is 4.31. The van der Waals surface area contributed by atoms with E-state index in [2.05, 4.69) is 23.3 Å². The predicted octanol–water partition coefficient (Wildman–Crippen LogP) is 2.69. The van der Waals surface area contributed by atoms with Crippen molar-refractivity contribution in [2.75, 3.05) is 7.11 Å². The van der Waals surface area contributed by atoms with E-state index in [0.29, 0.717) is 0 Å². The molecule has 3 heteroatoms. The lowest BCUT2D eigenvalue weighted by Crippen LogP contribution is -2.14. The quantitative estimate of drug-likeness (QED) is 0.875. The van der Waals surface area contributed by atoms with E-state index in [1.54, 1.807) is 7.11 Å². The van der Waals surface area contributed by atoms with E-state index in [4.69, 9.17) is 4.74 Å². The molecule has 2 aromatic rings. The summed E-state index contributed by atoms with van der Waals surface area (Å²) in [6, 6.07) is 10.1. The molecule has 1 N–H and O–H groups in total.